The Hall–Kier alpha value is -1.87. The molecule has 1 saturated heterocycles. The normalized spacial score (nSPS) is 22.8. The Labute approximate surface area is 151 Å². The van der Waals surface area contributed by atoms with Gasteiger partial charge in [0.25, 0.3) is 0 Å². The summed E-state index contributed by atoms with van der Waals surface area (Å²) in [5, 5.41) is 0. The van der Waals surface area contributed by atoms with E-state index < -0.39 is 18.1 Å². The number of hydrogen-bond acceptors (Lipinski definition) is 2. The average Bonchev–Trinajstić information content (AvgIpc) is 3.29. The van der Waals surface area contributed by atoms with Crippen LogP contribution in [-0.2, 0) is 10.0 Å². The lowest BCUT2D eigenvalue weighted by atomic mass is 10.1. The molecule has 0 spiro atoms. The molecule has 1 aliphatic heterocycles. The molecule has 3 atom stereocenters. The summed E-state index contributed by atoms with van der Waals surface area (Å²) in [6.45, 7) is 8.52. The van der Waals surface area contributed by atoms with Crippen LogP contribution in [0.25, 0.3) is 0 Å². The Morgan fingerprint density at radius 3 is 2.12 bits per heavy atom. The van der Waals surface area contributed by atoms with Crippen molar-refractivity contribution in [3.63, 3.8) is 0 Å². The number of nitrogens with zero attached hydrogens (tertiary/aromatic N) is 1. The van der Waals surface area contributed by atoms with Crippen molar-refractivity contribution < 1.29 is 8.42 Å². The smallest absolute Gasteiger partial charge is 0.207 e. The first-order valence-corrected chi connectivity index (χ1v) is 13.3. The Bertz CT molecular complexity index is 920. The van der Waals surface area contributed by atoms with Crippen molar-refractivity contribution >= 4 is 18.1 Å². The zero-order valence-corrected chi connectivity index (χ0v) is 16.8. The number of rotatable bonds is 3. The van der Waals surface area contributed by atoms with E-state index in [1.165, 1.54) is 0 Å². The molecule has 1 aliphatic rings. The molecule has 3 rings (SSSR count). The number of hydrogen-bond donors (Lipinski definition) is 0. The van der Waals surface area contributed by atoms with Gasteiger partial charge in [0.15, 0.2) is 0 Å². The summed E-state index contributed by atoms with van der Waals surface area (Å²) >= 11 is 0. The first-order valence-electron chi connectivity index (χ1n) is 8.38. The van der Waals surface area contributed by atoms with Crippen LogP contribution in [0, 0.1) is 18.4 Å². The van der Waals surface area contributed by atoms with E-state index in [0.717, 1.165) is 11.1 Å². The van der Waals surface area contributed by atoms with Crippen molar-refractivity contribution in [3.8, 4) is 11.5 Å². The molecule has 0 aromatic heterocycles. The fourth-order valence-electron chi connectivity index (χ4n) is 2.75. The van der Waals surface area contributed by atoms with Gasteiger partial charge in [0.05, 0.1) is 10.9 Å². The Morgan fingerprint density at radius 1 is 0.960 bits per heavy atom. The first-order chi connectivity index (χ1) is 11.7. The summed E-state index contributed by atoms with van der Waals surface area (Å²) in [6, 6.07) is 16.2. The van der Waals surface area contributed by atoms with E-state index in [9.17, 15) is 8.42 Å². The number of aryl methyl sites for hydroxylation is 1. The van der Waals surface area contributed by atoms with Gasteiger partial charge in [-0.25, -0.2) is 8.42 Å². The van der Waals surface area contributed by atoms with Gasteiger partial charge < -0.3 is 0 Å². The van der Waals surface area contributed by atoms with Gasteiger partial charge in [-0.3, -0.25) is 0 Å². The zero-order chi connectivity index (χ0) is 18.2. The summed E-state index contributed by atoms with van der Waals surface area (Å²) in [6.07, 6.45) is 0. The Morgan fingerprint density at radius 2 is 1.56 bits per heavy atom. The molecule has 2 aromatic rings. The maximum absolute atomic E-state index is 13.0. The van der Waals surface area contributed by atoms with Gasteiger partial charge >= 0.3 is 0 Å². The van der Waals surface area contributed by atoms with Crippen LogP contribution in [0.1, 0.15) is 17.2 Å². The molecule has 2 aromatic carbocycles. The van der Waals surface area contributed by atoms with Crippen LogP contribution in [0.3, 0.4) is 0 Å². The Kier molecular flexibility index (Phi) is 4.63. The number of sulfonamides is 1. The number of benzene rings is 2. The standard InChI is InChI=1S/C20H23NO2SSi/c1-16-10-12-17(13-11-16)20-19(14-15-25(2,3)4)21(20)24(22,23)18-8-6-5-7-9-18/h5-13,19-20H,1-4H3/t19-,20+,21?/m0/s1. The Balaban J connectivity index is 2.00. The molecule has 1 heterocycles. The minimum absolute atomic E-state index is 0.199. The van der Waals surface area contributed by atoms with E-state index in [2.05, 4.69) is 31.1 Å². The highest BCUT2D eigenvalue weighted by Gasteiger charge is 2.55. The molecule has 0 bridgehead atoms. The second-order valence-corrected chi connectivity index (χ2v) is 14.1. The van der Waals surface area contributed by atoms with Crippen molar-refractivity contribution in [2.75, 3.05) is 0 Å². The van der Waals surface area contributed by atoms with Crippen LogP contribution in [0.5, 0.6) is 0 Å². The predicted molar refractivity (Wildman–Crippen MR) is 104 cm³/mol. The summed E-state index contributed by atoms with van der Waals surface area (Å²) in [4.78, 5) is 0.324. The van der Waals surface area contributed by atoms with Crippen LogP contribution < -0.4 is 0 Å². The third-order valence-electron chi connectivity index (χ3n) is 4.09. The summed E-state index contributed by atoms with van der Waals surface area (Å²) in [5.74, 6) is 3.24. The maximum atomic E-state index is 13.0. The summed E-state index contributed by atoms with van der Waals surface area (Å²) in [7, 11) is -5.11. The molecule has 0 N–H and O–H groups in total. The van der Waals surface area contributed by atoms with E-state index >= 15 is 0 Å². The quantitative estimate of drug-likeness (QED) is 0.466. The third kappa shape index (κ3) is 3.87. The summed E-state index contributed by atoms with van der Waals surface area (Å²) < 4.78 is 27.6. The molecule has 5 heteroatoms. The molecule has 25 heavy (non-hydrogen) atoms. The maximum Gasteiger partial charge on any atom is 0.244 e. The monoisotopic (exact) mass is 369 g/mol. The van der Waals surface area contributed by atoms with E-state index in [-0.39, 0.29) is 12.1 Å². The van der Waals surface area contributed by atoms with Gasteiger partial charge in [-0.15, -0.1) is 5.54 Å². The van der Waals surface area contributed by atoms with Crippen LogP contribution in [-0.4, -0.2) is 26.8 Å². The molecular formula is C20H23NO2SSi. The molecule has 0 saturated carbocycles. The van der Waals surface area contributed by atoms with Gasteiger partial charge in [-0.2, -0.15) is 4.31 Å². The second-order valence-electron chi connectivity index (χ2n) is 7.47. The molecule has 1 fully saturated rings. The van der Waals surface area contributed by atoms with Gasteiger partial charge in [-0.1, -0.05) is 73.6 Å². The van der Waals surface area contributed by atoms with E-state index in [1.54, 1.807) is 28.6 Å². The van der Waals surface area contributed by atoms with Gasteiger partial charge in [0.1, 0.15) is 14.1 Å². The zero-order valence-electron chi connectivity index (χ0n) is 15.0. The molecule has 1 unspecified atom stereocenters. The lowest BCUT2D eigenvalue weighted by Crippen LogP contribution is -2.18. The van der Waals surface area contributed by atoms with Crippen molar-refractivity contribution in [2.45, 2.75) is 43.5 Å². The minimum atomic E-state index is -3.54. The van der Waals surface area contributed by atoms with Crippen LogP contribution in [0.15, 0.2) is 59.5 Å². The topological polar surface area (TPSA) is 37.1 Å². The summed E-state index contributed by atoms with van der Waals surface area (Å²) in [5.41, 5.74) is 5.49. The highest BCUT2D eigenvalue weighted by Crippen LogP contribution is 2.47. The molecule has 130 valence electrons. The van der Waals surface area contributed by atoms with E-state index in [4.69, 9.17) is 0 Å². The van der Waals surface area contributed by atoms with Crippen molar-refractivity contribution in [2.24, 2.45) is 0 Å². The molecule has 0 radical (unpaired) electrons. The average molecular weight is 370 g/mol. The van der Waals surface area contributed by atoms with Crippen LogP contribution >= 0.6 is 0 Å². The van der Waals surface area contributed by atoms with Gasteiger partial charge in [0.2, 0.25) is 10.0 Å². The van der Waals surface area contributed by atoms with Crippen molar-refractivity contribution in [3.05, 3.63) is 65.7 Å². The van der Waals surface area contributed by atoms with Crippen LogP contribution in [0.2, 0.25) is 19.6 Å². The molecule has 3 nitrogen and oxygen atoms in total. The molecule has 0 amide bonds. The van der Waals surface area contributed by atoms with Crippen LogP contribution in [0.4, 0.5) is 0 Å². The highest BCUT2D eigenvalue weighted by molar-refractivity contribution is 7.89. The largest absolute Gasteiger partial charge is 0.244 e. The lowest BCUT2D eigenvalue weighted by molar-refractivity contribution is 0.551. The fraction of sp³-hybridized carbons (Fsp3) is 0.300. The first kappa shape index (κ1) is 17.9. The third-order valence-corrected chi connectivity index (χ3v) is 6.86. The second kappa shape index (κ2) is 6.45. The predicted octanol–water partition coefficient (Wildman–Crippen LogP) is 3.99. The lowest BCUT2D eigenvalue weighted by Gasteiger charge is -2.06. The molecule has 0 aliphatic carbocycles. The van der Waals surface area contributed by atoms with Gasteiger partial charge in [-0.05, 0) is 24.6 Å². The molecular weight excluding hydrogens is 346 g/mol. The van der Waals surface area contributed by atoms with E-state index in [0.29, 0.717) is 4.90 Å². The van der Waals surface area contributed by atoms with Crippen molar-refractivity contribution in [1.82, 2.24) is 4.31 Å². The van der Waals surface area contributed by atoms with Gasteiger partial charge in [0, 0.05) is 0 Å². The highest BCUT2D eigenvalue weighted by atomic mass is 32.2. The minimum Gasteiger partial charge on any atom is -0.207 e. The van der Waals surface area contributed by atoms with Crippen molar-refractivity contribution in [1.29, 1.82) is 0 Å². The SMILES string of the molecule is Cc1ccc([C@@H]2[C@H](C#C[Si](C)(C)C)N2S(=O)(=O)c2ccccc2)cc1. The fourth-order valence-corrected chi connectivity index (χ4v) is 5.02. The van der Waals surface area contributed by atoms with E-state index in [1.807, 2.05) is 37.3 Å².